The van der Waals surface area contributed by atoms with Gasteiger partial charge in [-0.2, -0.15) is 0 Å². The number of aromatic nitrogens is 2. The average Bonchev–Trinajstić information content (AvgIpc) is 3.20. The van der Waals surface area contributed by atoms with Crippen molar-refractivity contribution in [2.24, 2.45) is 0 Å². The molecule has 5 heteroatoms. The number of benzene rings is 3. The molecule has 0 bridgehead atoms. The van der Waals surface area contributed by atoms with Crippen LogP contribution in [-0.4, -0.2) is 21.6 Å². The Bertz CT molecular complexity index is 1030. The van der Waals surface area contributed by atoms with Crippen LogP contribution in [0.5, 0.6) is 0 Å². The highest BCUT2D eigenvalue weighted by Gasteiger charge is 2.15. The zero-order chi connectivity index (χ0) is 20.1. The number of carbonyl (C=O) groups is 1. The Morgan fingerprint density at radius 1 is 0.897 bits per heavy atom. The quantitative estimate of drug-likeness (QED) is 0.404. The average molecular weight is 400 g/mol. The van der Waals surface area contributed by atoms with Gasteiger partial charge in [0, 0.05) is 16.8 Å². The van der Waals surface area contributed by atoms with E-state index in [0.29, 0.717) is 0 Å². The topological polar surface area (TPSA) is 57.8 Å². The van der Waals surface area contributed by atoms with Gasteiger partial charge >= 0.3 is 0 Å². The van der Waals surface area contributed by atoms with Crippen molar-refractivity contribution in [1.29, 1.82) is 0 Å². The van der Waals surface area contributed by atoms with Crippen molar-refractivity contribution in [3.63, 3.8) is 0 Å². The van der Waals surface area contributed by atoms with Crippen LogP contribution in [0.25, 0.3) is 22.5 Å². The van der Waals surface area contributed by atoms with Gasteiger partial charge in [0.2, 0.25) is 5.91 Å². The molecule has 0 saturated carbocycles. The summed E-state index contributed by atoms with van der Waals surface area (Å²) in [6.07, 6.45) is 0. The SMILES string of the molecule is Cc1ccc(NC(=O)CSc2nc(-c3ccccc3)c(-c3ccccc3)[nH]2)cc1. The Labute approximate surface area is 174 Å². The van der Waals surface area contributed by atoms with Crippen LogP contribution in [-0.2, 0) is 4.79 Å². The molecule has 1 heterocycles. The van der Waals surface area contributed by atoms with Crippen molar-refractivity contribution in [1.82, 2.24) is 9.97 Å². The van der Waals surface area contributed by atoms with Crippen LogP contribution >= 0.6 is 11.8 Å². The predicted octanol–water partition coefficient (Wildman–Crippen LogP) is 5.78. The number of rotatable bonds is 6. The van der Waals surface area contributed by atoms with E-state index in [1.807, 2.05) is 79.7 Å². The monoisotopic (exact) mass is 399 g/mol. The Kier molecular flexibility index (Phi) is 5.77. The Morgan fingerprint density at radius 2 is 1.52 bits per heavy atom. The molecule has 1 aromatic heterocycles. The first kappa shape index (κ1) is 19.0. The molecule has 2 N–H and O–H groups in total. The molecule has 0 fully saturated rings. The molecule has 0 unspecified atom stereocenters. The molecular formula is C24H21N3OS. The number of amides is 1. The number of aryl methyl sites for hydroxylation is 1. The molecule has 3 aromatic carbocycles. The fourth-order valence-corrected chi connectivity index (χ4v) is 3.68. The van der Waals surface area contributed by atoms with Crippen LogP contribution in [0.15, 0.2) is 90.1 Å². The molecule has 0 atom stereocenters. The van der Waals surface area contributed by atoms with Gasteiger partial charge in [-0.1, -0.05) is 90.1 Å². The molecule has 0 aliphatic rings. The highest BCUT2D eigenvalue weighted by Crippen LogP contribution is 2.32. The lowest BCUT2D eigenvalue weighted by molar-refractivity contribution is -0.113. The second-order valence-electron chi connectivity index (χ2n) is 6.70. The summed E-state index contributed by atoms with van der Waals surface area (Å²) in [7, 11) is 0. The number of aromatic amines is 1. The van der Waals surface area contributed by atoms with Gasteiger partial charge in [0.15, 0.2) is 5.16 Å². The van der Waals surface area contributed by atoms with Gasteiger partial charge in [-0.05, 0) is 19.1 Å². The van der Waals surface area contributed by atoms with Gasteiger partial charge in [0.25, 0.3) is 0 Å². The fraction of sp³-hybridized carbons (Fsp3) is 0.0833. The number of nitrogens with one attached hydrogen (secondary N) is 2. The van der Waals surface area contributed by atoms with Crippen LogP contribution < -0.4 is 5.32 Å². The molecule has 0 radical (unpaired) electrons. The van der Waals surface area contributed by atoms with Crippen molar-refractivity contribution in [3.05, 3.63) is 90.5 Å². The maximum absolute atomic E-state index is 12.3. The van der Waals surface area contributed by atoms with Gasteiger partial charge in [-0.3, -0.25) is 4.79 Å². The van der Waals surface area contributed by atoms with Gasteiger partial charge in [0.1, 0.15) is 0 Å². The second-order valence-corrected chi connectivity index (χ2v) is 7.66. The van der Waals surface area contributed by atoms with E-state index in [-0.39, 0.29) is 11.7 Å². The van der Waals surface area contributed by atoms with E-state index >= 15 is 0 Å². The molecule has 4 nitrogen and oxygen atoms in total. The molecule has 0 aliphatic carbocycles. The molecule has 29 heavy (non-hydrogen) atoms. The summed E-state index contributed by atoms with van der Waals surface area (Å²) in [5.74, 6) is 0.224. The van der Waals surface area contributed by atoms with Crippen LogP contribution in [0.2, 0.25) is 0 Å². The summed E-state index contributed by atoms with van der Waals surface area (Å²) in [5.41, 5.74) is 5.91. The first-order chi connectivity index (χ1) is 14.2. The number of H-pyrrole nitrogens is 1. The summed E-state index contributed by atoms with van der Waals surface area (Å²) in [6, 6.07) is 28.0. The molecule has 1 amide bonds. The van der Waals surface area contributed by atoms with Crippen molar-refractivity contribution >= 4 is 23.4 Å². The lowest BCUT2D eigenvalue weighted by atomic mass is 10.1. The van der Waals surface area contributed by atoms with Gasteiger partial charge in [-0.25, -0.2) is 4.98 Å². The number of nitrogens with zero attached hydrogens (tertiary/aromatic N) is 1. The van der Waals surface area contributed by atoms with Crippen LogP contribution in [0.3, 0.4) is 0 Å². The lowest BCUT2D eigenvalue weighted by Crippen LogP contribution is -2.14. The van der Waals surface area contributed by atoms with E-state index in [2.05, 4.69) is 22.4 Å². The molecule has 4 rings (SSSR count). The molecule has 0 spiro atoms. The maximum atomic E-state index is 12.3. The normalized spacial score (nSPS) is 10.7. The third kappa shape index (κ3) is 4.76. The highest BCUT2D eigenvalue weighted by atomic mass is 32.2. The maximum Gasteiger partial charge on any atom is 0.234 e. The molecule has 0 aliphatic heterocycles. The summed E-state index contributed by atoms with van der Waals surface area (Å²) >= 11 is 1.40. The van der Waals surface area contributed by atoms with Crippen LogP contribution in [0.1, 0.15) is 5.56 Å². The minimum Gasteiger partial charge on any atom is -0.332 e. The van der Waals surface area contributed by atoms with Crippen molar-refractivity contribution in [2.75, 3.05) is 11.1 Å². The third-order valence-corrected chi connectivity index (χ3v) is 5.34. The zero-order valence-electron chi connectivity index (χ0n) is 16.1. The number of anilines is 1. The fourth-order valence-electron chi connectivity index (χ4n) is 3.01. The van der Waals surface area contributed by atoms with E-state index in [4.69, 9.17) is 4.98 Å². The van der Waals surface area contributed by atoms with E-state index in [9.17, 15) is 4.79 Å². The highest BCUT2D eigenvalue weighted by molar-refractivity contribution is 7.99. The Balaban J connectivity index is 1.53. The summed E-state index contributed by atoms with van der Waals surface area (Å²) < 4.78 is 0. The van der Waals surface area contributed by atoms with E-state index in [1.165, 1.54) is 11.8 Å². The predicted molar refractivity (Wildman–Crippen MR) is 120 cm³/mol. The molecule has 0 saturated heterocycles. The first-order valence-corrected chi connectivity index (χ1v) is 10.4. The minimum absolute atomic E-state index is 0.0576. The van der Waals surface area contributed by atoms with Crippen LogP contribution in [0.4, 0.5) is 5.69 Å². The summed E-state index contributed by atoms with van der Waals surface area (Å²) in [4.78, 5) is 20.5. The second kappa shape index (κ2) is 8.80. The number of hydrogen-bond donors (Lipinski definition) is 2. The van der Waals surface area contributed by atoms with Crippen LogP contribution in [0, 0.1) is 6.92 Å². The first-order valence-electron chi connectivity index (χ1n) is 9.39. The van der Waals surface area contributed by atoms with Crippen molar-refractivity contribution in [3.8, 4) is 22.5 Å². The Hall–Kier alpha value is -3.31. The van der Waals surface area contributed by atoms with Gasteiger partial charge in [-0.15, -0.1) is 0 Å². The van der Waals surface area contributed by atoms with Gasteiger partial charge in [0.05, 0.1) is 17.1 Å². The number of carbonyl (C=O) groups excluding carboxylic acids is 1. The molecular weight excluding hydrogens is 378 g/mol. The van der Waals surface area contributed by atoms with Gasteiger partial charge < -0.3 is 10.3 Å². The van der Waals surface area contributed by atoms with E-state index in [0.717, 1.165) is 38.9 Å². The standard InChI is InChI=1S/C24H21N3OS/c1-17-12-14-20(15-13-17)25-21(28)16-29-24-26-22(18-8-4-2-5-9-18)23(27-24)19-10-6-3-7-11-19/h2-15H,16H2,1H3,(H,25,28)(H,26,27). The number of hydrogen-bond acceptors (Lipinski definition) is 3. The lowest BCUT2D eigenvalue weighted by Gasteiger charge is -2.04. The Morgan fingerprint density at radius 3 is 2.17 bits per heavy atom. The third-order valence-electron chi connectivity index (χ3n) is 4.47. The van der Waals surface area contributed by atoms with Crippen molar-refractivity contribution in [2.45, 2.75) is 12.1 Å². The van der Waals surface area contributed by atoms with E-state index < -0.39 is 0 Å². The summed E-state index contributed by atoms with van der Waals surface area (Å²) in [6.45, 7) is 2.02. The van der Waals surface area contributed by atoms with Crippen molar-refractivity contribution < 1.29 is 4.79 Å². The number of thioether (sulfide) groups is 1. The van der Waals surface area contributed by atoms with E-state index in [1.54, 1.807) is 0 Å². The zero-order valence-corrected chi connectivity index (χ0v) is 16.9. The molecule has 144 valence electrons. The largest absolute Gasteiger partial charge is 0.332 e. The smallest absolute Gasteiger partial charge is 0.234 e. The minimum atomic E-state index is -0.0576. The summed E-state index contributed by atoms with van der Waals surface area (Å²) in [5, 5.41) is 3.65. The molecule has 4 aromatic rings. The number of imidazole rings is 1.